The first kappa shape index (κ1) is 17.6. The third-order valence-corrected chi connectivity index (χ3v) is 5.46. The van der Waals surface area contributed by atoms with Gasteiger partial charge in [-0.05, 0) is 30.9 Å². The molecule has 1 aliphatic heterocycles. The first-order valence-electron chi connectivity index (χ1n) is 8.37. The van der Waals surface area contributed by atoms with Crippen molar-refractivity contribution in [3.05, 3.63) is 41.0 Å². The van der Waals surface area contributed by atoms with Crippen LogP contribution in [0.15, 0.2) is 29.8 Å². The van der Waals surface area contributed by atoms with E-state index < -0.39 is 6.04 Å². The molecule has 6 nitrogen and oxygen atoms in total. The van der Waals surface area contributed by atoms with Crippen molar-refractivity contribution >= 4 is 23.2 Å². The quantitative estimate of drug-likeness (QED) is 0.851. The van der Waals surface area contributed by atoms with Gasteiger partial charge in [-0.1, -0.05) is 24.3 Å². The Labute approximate surface area is 151 Å². The van der Waals surface area contributed by atoms with Crippen molar-refractivity contribution in [2.45, 2.75) is 32.4 Å². The van der Waals surface area contributed by atoms with Crippen molar-refractivity contribution in [3.8, 4) is 10.4 Å². The molecule has 1 saturated heterocycles. The van der Waals surface area contributed by atoms with Crippen LogP contribution in [0.3, 0.4) is 0 Å². The minimum atomic E-state index is -0.393. The van der Waals surface area contributed by atoms with Crippen LogP contribution in [0.4, 0.5) is 0 Å². The smallest absolute Gasteiger partial charge is 0.243 e. The molecule has 1 aromatic heterocycles. The van der Waals surface area contributed by atoms with Gasteiger partial charge >= 0.3 is 0 Å². The van der Waals surface area contributed by atoms with Gasteiger partial charge in [0.1, 0.15) is 6.04 Å². The number of rotatable bonds is 5. The van der Waals surface area contributed by atoms with E-state index in [2.05, 4.69) is 10.3 Å². The number of hydrogen-bond acceptors (Lipinski definition) is 5. The summed E-state index contributed by atoms with van der Waals surface area (Å²) in [7, 11) is 0. The zero-order valence-electron chi connectivity index (χ0n) is 14.2. The first-order chi connectivity index (χ1) is 12.1. The molecule has 0 aliphatic carbocycles. The molecule has 1 aromatic carbocycles. The second-order valence-electron chi connectivity index (χ2n) is 6.13. The maximum atomic E-state index is 12.4. The third kappa shape index (κ3) is 3.88. The van der Waals surface area contributed by atoms with Gasteiger partial charge in [0.25, 0.3) is 0 Å². The Morgan fingerprint density at radius 2 is 2.12 bits per heavy atom. The largest absolute Gasteiger partial charge is 0.350 e. The molecule has 1 atom stereocenters. The highest BCUT2D eigenvalue weighted by molar-refractivity contribution is 7.13. The van der Waals surface area contributed by atoms with Crippen LogP contribution < -0.4 is 11.1 Å². The van der Waals surface area contributed by atoms with Gasteiger partial charge in [-0.15, -0.1) is 11.3 Å². The first-order valence-corrected chi connectivity index (χ1v) is 9.24. The van der Waals surface area contributed by atoms with Crippen LogP contribution in [0.1, 0.15) is 24.1 Å². The van der Waals surface area contributed by atoms with Crippen LogP contribution >= 0.6 is 11.3 Å². The predicted octanol–water partition coefficient (Wildman–Crippen LogP) is 1.68. The lowest BCUT2D eigenvalue weighted by Gasteiger charge is -2.23. The summed E-state index contributed by atoms with van der Waals surface area (Å²) in [6.07, 6.45) is 1.54. The van der Waals surface area contributed by atoms with E-state index in [0.29, 0.717) is 19.5 Å². The minimum absolute atomic E-state index is 0.0533. The van der Waals surface area contributed by atoms with E-state index in [1.807, 2.05) is 36.7 Å². The molecule has 1 aliphatic rings. The maximum Gasteiger partial charge on any atom is 0.243 e. The fraction of sp³-hybridized carbons (Fsp3) is 0.389. The monoisotopic (exact) mass is 358 g/mol. The average molecular weight is 358 g/mol. The summed E-state index contributed by atoms with van der Waals surface area (Å²) in [4.78, 5) is 31.2. The average Bonchev–Trinajstić information content (AvgIpc) is 3.28. The Balaban J connectivity index is 1.59. The summed E-state index contributed by atoms with van der Waals surface area (Å²) in [5, 5.41) is 2.93. The summed E-state index contributed by atoms with van der Waals surface area (Å²) < 4.78 is 0. The molecule has 1 fully saturated rings. The second kappa shape index (κ2) is 7.76. The molecule has 0 radical (unpaired) electrons. The number of aryl methyl sites for hydroxylation is 1. The Hall–Kier alpha value is -2.25. The number of amides is 2. The standard InChI is InChI=1S/C18H22N4O2S/c1-12-17(25-11-21-12)14-6-4-13(5-7-14)10-20-18(24)15-3-2-8-22(15)16(23)9-19/h4-7,11,15H,2-3,8-10,19H2,1H3,(H,20,24). The van der Waals surface area contributed by atoms with Crippen LogP contribution in [0, 0.1) is 6.92 Å². The molecule has 0 spiro atoms. The van der Waals surface area contributed by atoms with E-state index in [9.17, 15) is 9.59 Å². The summed E-state index contributed by atoms with van der Waals surface area (Å²) in [5.41, 5.74) is 10.4. The van der Waals surface area contributed by atoms with Gasteiger partial charge in [0.15, 0.2) is 0 Å². The number of nitrogens with one attached hydrogen (secondary N) is 1. The van der Waals surface area contributed by atoms with Gasteiger partial charge in [-0.25, -0.2) is 4.98 Å². The summed E-state index contributed by atoms with van der Waals surface area (Å²) >= 11 is 1.62. The number of carbonyl (C=O) groups is 2. The zero-order chi connectivity index (χ0) is 17.8. The lowest BCUT2D eigenvalue weighted by Crippen LogP contribution is -2.47. The van der Waals surface area contributed by atoms with E-state index in [0.717, 1.165) is 28.1 Å². The Bertz CT molecular complexity index is 757. The highest BCUT2D eigenvalue weighted by atomic mass is 32.1. The van der Waals surface area contributed by atoms with Crippen LogP contribution in [-0.2, 0) is 16.1 Å². The number of hydrogen-bond donors (Lipinski definition) is 2. The normalized spacial score (nSPS) is 16.9. The predicted molar refractivity (Wildman–Crippen MR) is 97.9 cm³/mol. The van der Waals surface area contributed by atoms with E-state index >= 15 is 0 Å². The van der Waals surface area contributed by atoms with Crippen molar-refractivity contribution in [1.82, 2.24) is 15.2 Å². The molecule has 3 rings (SSSR count). The SMILES string of the molecule is Cc1ncsc1-c1ccc(CNC(=O)C2CCCN2C(=O)CN)cc1. The molecule has 2 heterocycles. The number of likely N-dealkylation sites (tertiary alicyclic amines) is 1. The number of aromatic nitrogens is 1. The van der Waals surface area contributed by atoms with E-state index in [1.54, 1.807) is 16.2 Å². The number of benzene rings is 1. The van der Waals surface area contributed by atoms with Crippen molar-refractivity contribution < 1.29 is 9.59 Å². The molecule has 0 bridgehead atoms. The molecular weight excluding hydrogens is 336 g/mol. The molecule has 2 aromatic rings. The zero-order valence-corrected chi connectivity index (χ0v) is 15.0. The van der Waals surface area contributed by atoms with Gasteiger partial charge < -0.3 is 16.0 Å². The summed E-state index contributed by atoms with van der Waals surface area (Å²) in [6.45, 7) is 3.00. The summed E-state index contributed by atoms with van der Waals surface area (Å²) in [5.74, 6) is -0.274. The third-order valence-electron chi connectivity index (χ3n) is 4.48. The van der Waals surface area contributed by atoms with E-state index in [-0.39, 0.29) is 18.4 Å². The fourth-order valence-electron chi connectivity index (χ4n) is 3.11. The topological polar surface area (TPSA) is 88.3 Å². The lowest BCUT2D eigenvalue weighted by molar-refractivity contribution is -0.137. The van der Waals surface area contributed by atoms with Crippen molar-refractivity contribution in [3.63, 3.8) is 0 Å². The number of carbonyl (C=O) groups excluding carboxylic acids is 2. The Kier molecular flexibility index (Phi) is 5.45. The number of thiazole rings is 1. The van der Waals surface area contributed by atoms with Gasteiger partial charge in [-0.2, -0.15) is 0 Å². The van der Waals surface area contributed by atoms with Gasteiger partial charge in [0.05, 0.1) is 22.6 Å². The molecule has 2 amide bonds. The molecule has 1 unspecified atom stereocenters. The number of nitrogens with zero attached hydrogens (tertiary/aromatic N) is 2. The molecule has 0 saturated carbocycles. The van der Waals surface area contributed by atoms with Gasteiger partial charge in [0, 0.05) is 13.1 Å². The van der Waals surface area contributed by atoms with Crippen molar-refractivity contribution in [2.24, 2.45) is 5.73 Å². The van der Waals surface area contributed by atoms with Gasteiger partial charge in [0.2, 0.25) is 11.8 Å². The van der Waals surface area contributed by atoms with Crippen molar-refractivity contribution in [2.75, 3.05) is 13.1 Å². The highest BCUT2D eigenvalue weighted by Crippen LogP contribution is 2.27. The molecular formula is C18H22N4O2S. The maximum absolute atomic E-state index is 12.4. The molecule has 3 N–H and O–H groups in total. The Morgan fingerprint density at radius 3 is 2.76 bits per heavy atom. The number of nitrogens with two attached hydrogens (primary N) is 1. The highest BCUT2D eigenvalue weighted by Gasteiger charge is 2.33. The molecule has 25 heavy (non-hydrogen) atoms. The van der Waals surface area contributed by atoms with Crippen LogP contribution in [0.25, 0.3) is 10.4 Å². The van der Waals surface area contributed by atoms with Crippen LogP contribution in [0.2, 0.25) is 0 Å². The minimum Gasteiger partial charge on any atom is -0.350 e. The summed E-state index contributed by atoms with van der Waals surface area (Å²) in [6, 6.07) is 7.71. The van der Waals surface area contributed by atoms with Crippen LogP contribution in [-0.4, -0.2) is 40.8 Å². The van der Waals surface area contributed by atoms with Crippen LogP contribution in [0.5, 0.6) is 0 Å². The fourth-order valence-corrected chi connectivity index (χ4v) is 3.93. The second-order valence-corrected chi connectivity index (χ2v) is 6.99. The Morgan fingerprint density at radius 1 is 1.36 bits per heavy atom. The molecule has 7 heteroatoms. The van der Waals surface area contributed by atoms with E-state index in [4.69, 9.17) is 5.73 Å². The van der Waals surface area contributed by atoms with E-state index in [1.165, 1.54) is 0 Å². The van der Waals surface area contributed by atoms with Crippen molar-refractivity contribution in [1.29, 1.82) is 0 Å². The molecule has 132 valence electrons. The lowest BCUT2D eigenvalue weighted by atomic mass is 10.1. The van der Waals surface area contributed by atoms with Gasteiger partial charge in [-0.3, -0.25) is 9.59 Å².